The molecular formula is C23H42B. The van der Waals surface area contributed by atoms with Gasteiger partial charge in [0, 0.05) is 0 Å². The first-order valence-corrected chi connectivity index (χ1v) is 11.4. The van der Waals surface area contributed by atoms with E-state index in [4.69, 9.17) is 0 Å². The van der Waals surface area contributed by atoms with Crippen molar-refractivity contribution >= 4 is 7.28 Å². The van der Waals surface area contributed by atoms with E-state index in [-0.39, 0.29) is 0 Å². The Morgan fingerprint density at radius 3 is 2.08 bits per heavy atom. The van der Waals surface area contributed by atoms with E-state index in [1.165, 1.54) is 115 Å². The largest absolute Gasteiger partial charge is 0.114 e. The topological polar surface area (TPSA) is 0 Å². The average molecular weight is 329 g/mol. The van der Waals surface area contributed by atoms with Crippen LogP contribution in [0.3, 0.4) is 0 Å². The summed E-state index contributed by atoms with van der Waals surface area (Å²) in [5.41, 5.74) is 0. The number of unbranched alkanes of at least 4 members (excludes halogenated alkanes) is 2. The number of hydrogen-bond acceptors (Lipinski definition) is 0. The van der Waals surface area contributed by atoms with Gasteiger partial charge in [0.25, 0.3) is 0 Å². The van der Waals surface area contributed by atoms with Crippen LogP contribution in [-0.2, 0) is 0 Å². The standard InChI is InChI=1S/C23H42B/c1-2-3-4-11-16-21-19-14-9-10-15-20-24-23(21)22-17-12-7-5-6-8-13-18-22/h2,21-23H,1,3-20H2. The van der Waals surface area contributed by atoms with E-state index in [9.17, 15) is 0 Å². The lowest BCUT2D eigenvalue weighted by atomic mass is 9.50. The first-order chi connectivity index (χ1) is 11.9. The predicted molar refractivity (Wildman–Crippen MR) is 110 cm³/mol. The Bertz CT molecular complexity index is 301. The molecule has 0 aromatic carbocycles. The van der Waals surface area contributed by atoms with Crippen molar-refractivity contribution in [3.8, 4) is 0 Å². The molecule has 2 atom stereocenters. The first-order valence-electron chi connectivity index (χ1n) is 11.4. The zero-order valence-corrected chi connectivity index (χ0v) is 16.3. The molecule has 0 spiro atoms. The van der Waals surface area contributed by atoms with Gasteiger partial charge in [0.05, 0.1) is 0 Å². The van der Waals surface area contributed by atoms with Crippen LogP contribution in [0.4, 0.5) is 0 Å². The molecule has 2 unspecified atom stereocenters. The summed E-state index contributed by atoms with van der Waals surface area (Å²) in [5, 5.41) is 0. The molecular weight excluding hydrogens is 287 g/mol. The molecule has 24 heavy (non-hydrogen) atoms. The van der Waals surface area contributed by atoms with Crippen LogP contribution in [0.2, 0.25) is 12.1 Å². The van der Waals surface area contributed by atoms with Crippen molar-refractivity contribution in [3.05, 3.63) is 12.7 Å². The van der Waals surface area contributed by atoms with Gasteiger partial charge < -0.3 is 0 Å². The summed E-state index contributed by atoms with van der Waals surface area (Å²) >= 11 is 0. The lowest BCUT2D eigenvalue weighted by molar-refractivity contribution is 0.289. The van der Waals surface area contributed by atoms with E-state index in [0.717, 1.165) is 17.7 Å². The fourth-order valence-corrected chi connectivity index (χ4v) is 5.26. The summed E-state index contributed by atoms with van der Waals surface area (Å²) < 4.78 is 0. The van der Waals surface area contributed by atoms with Crippen molar-refractivity contribution in [1.82, 2.24) is 0 Å². The fourth-order valence-electron chi connectivity index (χ4n) is 5.26. The highest BCUT2D eigenvalue weighted by Gasteiger charge is 2.29. The predicted octanol–water partition coefficient (Wildman–Crippen LogP) is 7.97. The van der Waals surface area contributed by atoms with Crippen molar-refractivity contribution in [2.45, 2.75) is 121 Å². The van der Waals surface area contributed by atoms with E-state index in [1.54, 1.807) is 0 Å². The number of hydrogen-bond donors (Lipinski definition) is 0. The van der Waals surface area contributed by atoms with Crippen LogP contribution in [0.15, 0.2) is 12.7 Å². The molecule has 1 saturated heterocycles. The SMILES string of the molecule is C=CCCCCC1CCCCCC[B]C1C1CCCCCCCC1. The zero-order chi connectivity index (χ0) is 16.9. The number of allylic oxidation sites excluding steroid dienone is 1. The summed E-state index contributed by atoms with van der Waals surface area (Å²) in [7, 11) is 2.81. The van der Waals surface area contributed by atoms with Crippen molar-refractivity contribution < 1.29 is 0 Å². The maximum absolute atomic E-state index is 3.90. The highest BCUT2D eigenvalue weighted by atomic mass is 14.3. The molecule has 2 fully saturated rings. The monoisotopic (exact) mass is 329 g/mol. The van der Waals surface area contributed by atoms with E-state index in [2.05, 4.69) is 19.9 Å². The molecule has 0 amide bonds. The van der Waals surface area contributed by atoms with Gasteiger partial charge in [0.15, 0.2) is 0 Å². The van der Waals surface area contributed by atoms with E-state index in [1.807, 2.05) is 0 Å². The molecule has 0 bridgehead atoms. The minimum Gasteiger partial charge on any atom is -0.103 e. The third-order valence-electron chi connectivity index (χ3n) is 6.69. The molecule has 2 aliphatic rings. The van der Waals surface area contributed by atoms with Crippen molar-refractivity contribution in [3.63, 3.8) is 0 Å². The minimum absolute atomic E-state index is 0.935. The molecule has 137 valence electrons. The summed E-state index contributed by atoms with van der Waals surface area (Å²) in [6.45, 7) is 3.90. The number of rotatable bonds is 6. The van der Waals surface area contributed by atoms with Crippen LogP contribution < -0.4 is 0 Å². The first kappa shape index (κ1) is 20.1. The maximum Gasteiger partial charge on any atom is 0.114 e. The second-order valence-electron chi connectivity index (χ2n) is 8.60. The van der Waals surface area contributed by atoms with Gasteiger partial charge in [-0.3, -0.25) is 0 Å². The van der Waals surface area contributed by atoms with Gasteiger partial charge in [-0.25, -0.2) is 0 Å². The summed E-state index contributed by atoms with van der Waals surface area (Å²) in [4.78, 5) is 0. The molecule has 1 heterocycles. The third kappa shape index (κ3) is 7.79. The molecule has 1 aliphatic carbocycles. The molecule has 0 nitrogen and oxygen atoms in total. The Kier molecular flexibility index (Phi) is 11.0. The molecule has 2 rings (SSSR count). The van der Waals surface area contributed by atoms with E-state index >= 15 is 0 Å². The van der Waals surface area contributed by atoms with E-state index in [0.29, 0.717) is 0 Å². The van der Waals surface area contributed by atoms with Crippen LogP contribution in [0.5, 0.6) is 0 Å². The van der Waals surface area contributed by atoms with Crippen LogP contribution in [0, 0.1) is 11.8 Å². The molecule has 1 saturated carbocycles. The normalized spacial score (nSPS) is 28.3. The molecule has 0 N–H and O–H groups in total. The van der Waals surface area contributed by atoms with Crippen molar-refractivity contribution in [2.24, 2.45) is 11.8 Å². The quantitative estimate of drug-likeness (QED) is 0.263. The van der Waals surface area contributed by atoms with Crippen molar-refractivity contribution in [2.75, 3.05) is 0 Å². The van der Waals surface area contributed by atoms with Crippen LogP contribution in [-0.4, -0.2) is 7.28 Å². The molecule has 1 radical (unpaired) electrons. The molecule has 1 heteroatoms. The third-order valence-corrected chi connectivity index (χ3v) is 6.69. The summed E-state index contributed by atoms with van der Waals surface area (Å²) in [6, 6.07) is 0. The molecule has 0 aromatic heterocycles. The Morgan fingerprint density at radius 1 is 0.750 bits per heavy atom. The van der Waals surface area contributed by atoms with Gasteiger partial charge in [-0.15, -0.1) is 6.58 Å². The molecule has 1 aliphatic heterocycles. The lowest BCUT2D eigenvalue weighted by Crippen LogP contribution is -2.24. The van der Waals surface area contributed by atoms with Gasteiger partial charge in [0.1, 0.15) is 7.28 Å². The van der Waals surface area contributed by atoms with Gasteiger partial charge >= 0.3 is 0 Å². The summed E-state index contributed by atoms with van der Waals surface area (Å²) in [5.74, 6) is 2.93. The smallest absolute Gasteiger partial charge is 0.103 e. The van der Waals surface area contributed by atoms with Gasteiger partial charge in [0.2, 0.25) is 0 Å². The van der Waals surface area contributed by atoms with Gasteiger partial charge in [-0.2, -0.15) is 0 Å². The average Bonchev–Trinajstić information content (AvgIpc) is 2.80. The Labute approximate surface area is 153 Å². The second-order valence-corrected chi connectivity index (χ2v) is 8.60. The lowest BCUT2D eigenvalue weighted by Gasteiger charge is -2.34. The second kappa shape index (κ2) is 13.1. The maximum atomic E-state index is 3.90. The van der Waals surface area contributed by atoms with E-state index < -0.39 is 0 Å². The highest BCUT2D eigenvalue weighted by molar-refractivity contribution is 6.37. The van der Waals surface area contributed by atoms with Gasteiger partial charge in [-0.05, 0) is 24.7 Å². The highest BCUT2D eigenvalue weighted by Crippen LogP contribution is 2.41. The zero-order valence-electron chi connectivity index (χ0n) is 16.3. The van der Waals surface area contributed by atoms with Crippen LogP contribution in [0.25, 0.3) is 0 Å². The molecule has 0 aromatic rings. The Hall–Kier alpha value is -0.195. The van der Waals surface area contributed by atoms with Crippen molar-refractivity contribution in [1.29, 1.82) is 0 Å². The summed E-state index contributed by atoms with van der Waals surface area (Å²) in [6.07, 6.45) is 28.4. The Balaban J connectivity index is 1.96. The minimum atomic E-state index is 0.935. The van der Waals surface area contributed by atoms with Gasteiger partial charge in [-0.1, -0.05) is 115 Å². The van der Waals surface area contributed by atoms with Crippen LogP contribution >= 0.6 is 0 Å². The fraction of sp³-hybridized carbons (Fsp3) is 0.913. The Morgan fingerprint density at radius 2 is 1.38 bits per heavy atom. The van der Waals surface area contributed by atoms with Crippen LogP contribution in [0.1, 0.15) is 109 Å².